The number of hydrogen-bond acceptors (Lipinski definition) is 5. The molecule has 1 heterocycles. The van der Waals surface area contributed by atoms with Crippen LogP contribution >= 0.6 is 15.9 Å². The fourth-order valence-electron chi connectivity index (χ4n) is 2.73. The number of ether oxygens (including phenoxy) is 2. The van der Waals surface area contributed by atoms with E-state index in [1.807, 2.05) is 0 Å². The molecule has 5 nitrogen and oxygen atoms in total. The van der Waals surface area contributed by atoms with Crippen molar-refractivity contribution in [2.45, 2.75) is 26.9 Å². The SMILES string of the molecule is COC(=O)C1(C)C(=O)OC(c2ccc(Br)cc2)C(C)(C)C1=O. The summed E-state index contributed by atoms with van der Waals surface area (Å²) in [5.74, 6) is -2.28. The molecule has 0 aromatic heterocycles. The van der Waals surface area contributed by atoms with Gasteiger partial charge in [-0.15, -0.1) is 0 Å². The van der Waals surface area contributed by atoms with Gasteiger partial charge in [0.15, 0.2) is 5.78 Å². The maximum absolute atomic E-state index is 12.8. The van der Waals surface area contributed by atoms with Crippen LogP contribution in [0.25, 0.3) is 0 Å². The van der Waals surface area contributed by atoms with Crippen molar-refractivity contribution in [1.29, 1.82) is 0 Å². The van der Waals surface area contributed by atoms with Gasteiger partial charge in [-0.25, -0.2) is 0 Å². The molecule has 1 aliphatic heterocycles. The second kappa shape index (κ2) is 5.50. The molecule has 0 radical (unpaired) electrons. The van der Waals surface area contributed by atoms with E-state index in [2.05, 4.69) is 20.7 Å². The van der Waals surface area contributed by atoms with E-state index in [9.17, 15) is 14.4 Å². The molecule has 0 amide bonds. The number of carbonyl (C=O) groups is 3. The molecule has 1 aliphatic rings. The summed E-state index contributed by atoms with van der Waals surface area (Å²) in [6.45, 7) is 4.58. The Balaban J connectivity index is 2.48. The third kappa shape index (κ3) is 2.35. The van der Waals surface area contributed by atoms with Gasteiger partial charge in [0.05, 0.1) is 12.5 Å². The molecule has 2 atom stereocenters. The Hall–Kier alpha value is -1.69. The number of esters is 2. The van der Waals surface area contributed by atoms with Crippen LogP contribution in [0.4, 0.5) is 0 Å². The van der Waals surface area contributed by atoms with Crippen molar-refractivity contribution in [2.75, 3.05) is 7.11 Å². The van der Waals surface area contributed by atoms with Crippen LogP contribution in [0.2, 0.25) is 0 Å². The number of ketones is 1. The number of rotatable bonds is 2. The summed E-state index contributed by atoms with van der Waals surface area (Å²) < 4.78 is 11.0. The fourth-order valence-corrected chi connectivity index (χ4v) is 3.00. The van der Waals surface area contributed by atoms with Crippen molar-refractivity contribution in [1.82, 2.24) is 0 Å². The summed E-state index contributed by atoms with van der Waals surface area (Å²) in [7, 11) is 1.14. The molecule has 1 fully saturated rings. The van der Waals surface area contributed by atoms with E-state index in [1.54, 1.807) is 38.1 Å². The average Bonchev–Trinajstić information content (AvgIpc) is 2.49. The molecule has 0 aliphatic carbocycles. The lowest BCUT2D eigenvalue weighted by Crippen LogP contribution is -2.57. The van der Waals surface area contributed by atoms with Crippen LogP contribution in [0.5, 0.6) is 0 Å². The molecule has 1 aromatic rings. The number of carbonyl (C=O) groups excluding carboxylic acids is 3. The van der Waals surface area contributed by atoms with Crippen molar-refractivity contribution in [2.24, 2.45) is 10.8 Å². The van der Waals surface area contributed by atoms with Gasteiger partial charge in [0.1, 0.15) is 6.10 Å². The zero-order chi connectivity index (χ0) is 16.7. The highest BCUT2D eigenvalue weighted by atomic mass is 79.9. The van der Waals surface area contributed by atoms with Gasteiger partial charge in [-0.3, -0.25) is 14.4 Å². The maximum Gasteiger partial charge on any atom is 0.331 e. The summed E-state index contributed by atoms with van der Waals surface area (Å²) in [5.41, 5.74) is -2.28. The minimum Gasteiger partial charge on any atom is -0.468 e. The Kier molecular flexibility index (Phi) is 4.17. The number of halogens is 1. The summed E-state index contributed by atoms with van der Waals surface area (Å²) in [6.07, 6.45) is -0.752. The average molecular weight is 369 g/mol. The number of hydrogen-bond donors (Lipinski definition) is 0. The van der Waals surface area contributed by atoms with Crippen LogP contribution in [0, 0.1) is 10.8 Å². The smallest absolute Gasteiger partial charge is 0.331 e. The lowest BCUT2D eigenvalue weighted by Gasteiger charge is -2.43. The van der Waals surface area contributed by atoms with Crippen molar-refractivity contribution in [3.8, 4) is 0 Å². The molecular weight excluding hydrogens is 352 g/mol. The predicted molar refractivity (Wildman–Crippen MR) is 81.9 cm³/mol. The molecule has 118 valence electrons. The molecule has 0 saturated carbocycles. The zero-order valence-corrected chi connectivity index (χ0v) is 14.4. The Labute approximate surface area is 137 Å². The van der Waals surface area contributed by atoms with Crippen LogP contribution in [0.15, 0.2) is 28.7 Å². The topological polar surface area (TPSA) is 69.7 Å². The Bertz CT molecular complexity index is 634. The quantitative estimate of drug-likeness (QED) is 0.592. The molecule has 6 heteroatoms. The van der Waals surface area contributed by atoms with E-state index < -0.39 is 34.7 Å². The van der Waals surface area contributed by atoms with Crippen LogP contribution in [0.3, 0.4) is 0 Å². The summed E-state index contributed by atoms with van der Waals surface area (Å²) in [6, 6.07) is 7.16. The molecule has 1 saturated heterocycles. The van der Waals surface area contributed by atoms with Crippen LogP contribution in [-0.4, -0.2) is 24.8 Å². The van der Waals surface area contributed by atoms with Crippen molar-refractivity contribution >= 4 is 33.7 Å². The second-order valence-corrected chi connectivity index (χ2v) is 6.92. The van der Waals surface area contributed by atoms with Gasteiger partial charge in [0, 0.05) is 4.47 Å². The van der Waals surface area contributed by atoms with Gasteiger partial charge in [-0.05, 0) is 38.5 Å². The molecule has 1 aromatic carbocycles. The van der Waals surface area contributed by atoms with E-state index in [-0.39, 0.29) is 0 Å². The third-order valence-corrected chi connectivity index (χ3v) is 4.62. The van der Waals surface area contributed by atoms with Crippen LogP contribution in [0.1, 0.15) is 32.4 Å². The first-order valence-electron chi connectivity index (χ1n) is 6.75. The molecule has 0 bridgehead atoms. The number of methoxy groups -OCH3 is 1. The third-order valence-electron chi connectivity index (χ3n) is 4.09. The summed E-state index contributed by atoms with van der Waals surface area (Å²) in [5, 5.41) is 0. The van der Waals surface area contributed by atoms with Gasteiger partial charge in [0.2, 0.25) is 5.41 Å². The fraction of sp³-hybridized carbons (Fsp3) is 0.438. The first-order chi connectivity index (χ1) is 10.2. The van der Waals surface area contributed by atoms with E-state index in [1.165, 1.54) is 6.92 Å². The number of Topliss-reactive ketones (excluding diaryl/α,β-unsaturated/α-hetero) is 1. The Morgan fingerprint density at radius 2 is 1.73 bits per heavy atom. The van der Waals surface area contributed by atoms with Gasteiger partial charge in [-0.1, -0.05) is 28.1 Å². The monoisotopic (exact) mass is 368 g/mol. The second-order valence-electron chi connectivity index (χ2n) is 6.00. The first kappa shape index (κ1) is 16.7. The zero-order valence-electron chi connectivity index (χ0n) is 12.8. The summed E-state index contributed by atoms with van der Waals surface area (Å²) >= 11 is 3.33. The Morgan fingerprint density at radius 1 is 1.18 bits per heavy atom. The maximum atomic E-state index is 12.8. The van der Waals surface area contributed by atoms with Gasteiger partial charge >= 0.3 is 11.9 Å². The van der Waals surface area contributed by atoms with Crippen LogP contribution < -0.4 is 0 Å². The largest absolute Gasteiger partial charge is 0.468 e. The number of benzene rings is 1. The highest BCUT2D eigenvalue weighted by molar-refractivity contribution is 9.10. The van der Waals surface area contributed by atoms with Crippen LogP contribution in [-0.2, 0) is 23.9 Å². The lowest BCUT2D eigenvalue weighted by molar-refractivity contribution is -0.194. The molecule has 2 rings (SSSR count). The van der Waals surface area contributed by atoms with Crippen molar-refractivity contribution < 1.29 is 23.9 Å². The highest BCUT2D eigenvalue weighted by Crippen LogP contribution is 2.48. The first-order valence-corrected chi connectivity index (χ1v) is 7.55. The normalized spacial score (nSPS) is 27.2. The van der Waals surface area contributed by atoms with E-state index in [0.29, 0.717) is 5.56 Å². The highest BCUT2D eigenvalue weighted by Gasteiger charge is 2.62. The molecule has 0 N–H and O–H groups in total. The molecule has 0 spiro atoms. The van der Waals surface area contributed by atoms with Gasteiger partial charge in [0.25, 0.3) is 0 Å². The molecular formula is C16H17BrO5. The molecule has 2 unspecified atom stereocenters. The van der Waals surface area contributed by atoms with Gasteiger partial charge < -0.3 is 9.47 Å². The van der Waals surface area contributed by atoms with E-state index >= 15 is 0 Å². The lowest BCUT2D eigenvalue weighted by atomic mass is 9.66. The van der Waals surface area contributed by atoms with Crippen molar-refractivity contribution in [3.05, 3.63) is 34.3 Å². The molecule has 22 heavy (non-hydrogen) atoms. The standard InChI is InChI=1S/C16H17BrO5/c1-15(2)11(9-5-7-10(17)8-6-9)22-14(20)16(3,12(15)18)13(19)21-4/h5-8,11H,1-4H3. The predicted octanol–water partition coefficient (Wildman–Crippen LogP) is 2.82. The van der Waals surface area contributed by atoms with E-state index in [4.69, 9.17) is 4.74 Å². The minimum atomic E-state index is -1.93. The summed E-state index contributed by atoms with van der Waals surface area (Å²) in [4.78, 5) is 37.1. The number of cyclic esters (lactones) is 1. The Morgan fingerprint density at radius 3 is 2.23 bits per heavy atom. The van der Waals surface area contributed by atoms with Crippen molar-refractivity contribution in [3.63, 3.8) is 0 Å². The van der Waals surface area contributed by atoms with E-state index in [0.717, 1.165) is 11.6 Å². The minimum absolute atomic E-state index is 0.504. The van der Waals surface area contributed by atoms with Gasteiger partial charge in [-0.2, -0.15) is 0 Å².